The molecule has 0 radical (unpaired) electrons. The van der Waals surface area contributed by atoms with Crippen molar-refractivity contribution in [2.75, 3.05) is 6.61 Å². The number of aliphatic hydroxyl groups is 2. The fourth-order valence-electron chi connectivity index (χ4n) is 0.751. The Morgan fingerprint density at radius 2 is 2.00 bits per heavy atom. The average molecular weight is 184 g/mol. The van der Waals surface area contributed by atoms with Crippen LogP contribution in [0.5, 0.6) is 0 Å². The van der Waals surface area contributed by atoms with Crippen LogP contribution in [0.4, 0.5) is 0 Å². The lowest BCUT2D eigenvalue weighted by atomic mass is 10.2. The molecule has 0 spiro atoms. The highest BCUT2D eigenvalue weighted by atomic mass is 16.3. The van der Waals surface area contributed by atoms with E-state index in [1.165, 1.54) is 6.33 Å². The number of nitrogens with zero attached hydrogens (tertiary/aromatic N) is 2. The zero-order valence-electron chi connectivity index (χ0n) is 8.23. The molecule has 0 aliphatic heterocycles. The summed E-state index contributed by atoms with van der Waals surface area (Å²) >= 11 is 0. The molecule has 0 amide bonds. The molecule has 1 aromatic rings. The molecule has 1 unspecified atom stereocenters. The monoisotopic (exact) mass is 184 g/mol. The van der Waals surface area contributed by atoms with Crippen molar-refractivity contribution < 1.29 is 10.2 Å². The Labute approximate surface area is 78.3 Å². The van der Waals surface area contributed by atoms with Crippen LogP contribution in [-0.2, 0) is 0 Å². The van der Waals surface area contributed by atoms with Gasteiger partial charge in [0.1, 0.15) is 12.4 Å². The first-order valence-electron chi connectivity index (χ1n) is 4.31. The number of rotatable bonds is 2. The van der Waals surface area contributed by atoms with Crippen LogP contribution in [-0.4, -0.2) is 26.8 Å². The van der Waals surface area contributed by atoms with E-state index in [0.29, 0.717) is 5.69 Å². The van der Waals surface area contributed by atoms with E-state index in [1.54, 1.807) is 13.0 Å². The first-order valence-corrected chi connectivity index (χ1v) is 4.31. The second kappa shape index (κ2) is 6.51. The highest BCUT2D eigenvalue weighted by molar-refractivity contribution is 5.08. The van der Waals surface area contributed by atoms with Gasteiger partial charge in [-0.3, -0.25) is 0 Å². The molecule has 1 aromatic heterocycles. The Balaban J connectivity index is 0.000000671. The van der Waals surface area contributed by atoms with Crippen molar-refractivity contribution in [2.45, 2.75) is 26.9 Å². The van der Waals surface area contributed by atoms with E-state index in [1.807, 2.05) is 13.8 Å². The topological polar surface area (TPSA) is 66.2 Å². The van der Waals surface area contributed by atoms with E-state index in [-0.39, 0.29) is 6.61 Å². The summed E-state index contributed by atoms with van der Waals surface area (Å²) in [6.07, 6.45) is 0.473. The maximum atomic E-state index is 9.11. The van der Waals surface area contributed by atoms with Gasteiger partial charge in [-0.25, -0.2) is 9.97 Å². The standard InChI is InChI=1S/C7H10N2O2.C2H6/c1-5-2-6(7(11)3-10)9-4-8-5;1-2/h2,4,7,10-11H,3H2,1H3;1-2H3. The second-order valence-corrected chi connectivity index (χ2v) is 2.28. The van der Waals surface area contributed by atoms with Crippen molar-refractivity contribution in [3.8, 4) is 0 Å². The van der Waals surface area contributed by atoms with Gasteiger partial charge < -0.3 is 10.2 Å². The fraction of sp³-hybridized carbons (Fsp3) is 0.556. The quantitative estimate of drug-likeness (QED) is 0.714. The SMILES string of the molecule is CC.Cc1cc(C(O)CO)ncn1. The third-order valence-electron chi connectivity index (χ3n) is 1.34. The van der Waals surface area contributed by atoms with Crippen LogP contribution in [0, 0.1) is 6.92 Å². The van der Waals surface area contributed by atoms with Crippen molar-refractivity contribution in [1.82, 2.24) is 9.97 Å². The molecule has 0 aliphatic carbocycles. The lowest BCUT2D eigenvalue weighted by Gasteiger charge is -2.05. The highest BCUT2D eigenvalue weighted by Gasteiger charge is 2.06. The molecule has 0 aliphatic rings. The zero-order chi connectivity index (χ0) is 10.3. The summed E-state index contributed by atoms with van der Waals surface area (Å²) in [5.74, 6) is 0. The molecule has 2 N–H and O–H groups in total. The summed E-state index contributed by atoms with van der Waals surface area (Å²) in [6.45, 7) is 5.49. The predicted molar refractivity (Wildman–Crippen MR) is 50.2 cm³/mol. The second-order valence-electron chi connectivity index (χ2n) is 2.28. The Morgan fingerprint density at radius 3 is 2.46 bits per heavy atom. The number of aliphatic hydroxyl groups excluding tert-OH is 2. The van der Waals surface area contributed by atoms with Crippen molar-refractivity contribution in [2.24, 2.45) is 0 Å². The van der Waals surface area contributed by atoms with Gasteiger partial charge in [-0.1, -0.05) is 13.8 Å². The summed E-state index contributed by atoms with van der Waals surface area (Å²) in [5, 5.41) is 17.7. The summed E-state index contributed by atoms with van der Waals surface area (Å²) in [4.78, 5) is 7.64. The van der Waals surface area contributed by atoms with Crippen LogP contribution < -0.4 is 0 Å². The highest BCUT2D eigenvalue weighted by Crippen LogP contribution is 2.07. The predicted octanol–water partition coefficient (Wildman–Crippen LogP) is 0.837. The maximum absolute atomic E-state index is 9.11. The van der Waals surface area contributed by atoms with E-state index >= 15 is 0 Å². The summed E-state index contributed by atoms with van der Waals surface area (Å²) in [6, 6.07) is 1.64. The lowest BCUT2D eigenvalue weighted by molar-refractivity contribution is 0.0921. The molecule has 4 heteroatoms. The molecule has 0 bridgehead atoms. The number of hydrogen-bond donors (Lipinski definition) is 2. The van der Waals surface area contributed by atoms with Crippen LogP contribution in [0.1, 0.15) is 31.3 Å². The minimum Gasteiger partial charge on any atom is -0.393 e. The van der Waals surface area contributed by atoms with Crippen molar-refractivity contribution in [3.63, 3.8) is 0 Å². The minimum absolute atomic E-state index is 0.309. The van der Waals surface area contributed by atoms with Gasteiger partial charge in [0.2, 0.25) is 0 Å². The molecule has 1 rings (SSSR count). The van der Waals surface area contributed by atoms with Crippen molar-refractivity contribution >= 4 is 0 Å². The van der Waals surface area contributed by atoms with Gasteiger partial charge in [0.25, 0.3) is 0 Å². The lowest BCUT2D eigenvalue weighted by Crippen LogP contribution is -2.05. The van der Waals surface area contributed by atoms with E-state index in [9.17, 15) is 0 Å². The molecule has 0 saturated heterocycles. The Bertz CT molecular complexity index is 241. The molecule has 4 nitrogen and oxygen atoms in total. The van der Waals surface area contributed by atoms with Gasteiger partial charge in [-0.05, 0) is 13.0 Å². The van der Waals surface area contributed by atoms with Crippen LogP contribution in [0.15, 0.2) is 12.4 Å². The Morgan fingerprint density at radius 1 is 1.38 bits per heavy atom. The number of aryl methyl sites for hydroxylation is 1. The van der Waals surface area contributed by atoms with Gasteiger partial charge >= 0.3 is 0 Å². The third-order valence-corrected chi connectivity index (χ3v) is 1.34. The van der Waals surface area contributed by atoms with Gasteiger partial charge in [0.05, 0.1) is 12.3 Å². The Kier molecular flexibility index (Phi) is 6.01. The molecule has 74 valence electrons. The molecule has 13 heavy (non-hydrogen) atoms. The smallest absolute Gasteiger partial charge is 0.119 e. The number of aromatic nitrogens is 2. The van der Waals surface area contributed by atoms with Crippen LogP contribution in [0.3, 0.4) is 0 Å². The Hall–Kier alpha value is -1.00. The molecule has 1 heterocycles. The largest absolute Gasteiger partial charge is 0.393 e. The van der Waals surface area contributed by atoms with Crippen molar-refractivity contribution in [3.05, 3.63) is 23.8 Å². The van der Waals surface area contributed by atoms with Crippen LogP contribution in [0.25, 0.3) is 0 Å². The molecule has 0 fully saturated rings. The number of hydrogen-bond acceptors (Lipinski definition) is 4. The fourth-order valence-corrected chi connectivity index (χ4v) is 0.751. The molecule has 0 saturated carbocycles. The maximum Gasteiger partial charge on any atom is 0.119 e. The zero-order valence-corrected chi connectivity index (χ0v) is 8.23. The van der Waals surface area contributed by atoms with E-state index in [2.05, 4.69) is 9.97 Å². The summed E-state index contributed by atoms with van der Waals surface area (Å²) in [5.41, 5.74) is 1.24. The molecule has 0 aromatic carbocycles. The minimum atomic E-state index is -0.892. The van der Waals surface area contributed by atoms with E-state index in [0.717, 1.165) is 5.69 Å². The first-order chi connectivity index (χ1) is 6.24. The summed E-state index contributed by atoms with van der Waals surface area (Å²) in [7, 11) is 0. The summed E-state index contributed by atoms with van der Waals surface area (Å²) < 4.78 is 0. The van der Waals surface area contributed by atoms with Gasteiger partial charge in [-0.2, -0.15) is 0 Å². The third kappa shape index (κ3) is 3.96. The normalized spacial score (nSPS) is 11.5. The molecule has 1 atom stereocenters. The van der Waals surface area contributed by atoms with Crippen LogP contribution in [0.2, 0.25) is 0 Å². The molecular weight excluding hydrogens is 168 g/mol. The van der Waals surface area contributed by atoms with Crippen molar-refractivity contribution in [1.29, 1.82) is 0 Å². The first kappa shape index (κ1) is 12.0. The van der Waals surface area contributed by atoms with E-state index in [4.69, 9.17) is 10.2 Å². The average Bonchev–Trinajstić information content (AvgIpc) is 2.20. The molecular formula is C9H16N2O2. The van der Waals surface area contributed by atoms with Gasteiger partial charge in [0.15, 0.2) is 0 Å². The van der Waals surface area contributed by atoms with Crippen LogP contribution >= 0.6 is 0 Å². The van der Waals surface area contributed by atoms with Gasteiger partial charge in [0, 0.05) is 5.69 Å². The van der Waals surface area contributed by atoms with E-state index < -0.39 is 6.10 Å². The van der Waals surface area contributed by atoms with Gasteiger partial charge in [-0.15, -0.1) is 0 Å².